The molecule has 0 aromatic heterocycles. The number of rotatable bonds is 3. The molecule has 0 aliphatic rings. The van der Waals surface area contributed by atoms with E-state index in [0.717, 1.165) is 11.1 Å². The molecule has 0 unspecified atom stereocenters. The number of carboxylic acid groups (broad SMARTS) is 1. The number of carbonyl (C=O) groups is 1. The van der Waals surface area contributed by atoms with Crippen molar-refractivity contribution < 1.29 is 14.6 Å². The number of benzene rings is 2. The summed E-state index contributed by atoms with van der Waals surface area (Å²) in [7, 11) is 0. The summed E-state index contributed by atoms with van der Waals surface area (Å²) in [5, 5.41) is 8.95. The average Bonchev–Trinajstić information content (AvgIpc) is 2.31. The van der Waals surface area contributed by atoms with Crippen LogP contribution in [0, 0.1) is 13.8 Å². The van der Waals surface area contributed by atoms with Crippen LogP contribution in [0.3, 0.4) is 0 Å². The van der Waals surface area contributed by atoms with Crippen LogP contribution in [0.25, 0.3) is 0 Å². The topological polar surface area (TPSA) is 46.5 Å². The monoisotopic (exact) mass is 242 g/mol. The Bertz CT molecular complexity index is 588. The molecule has 0 atom stereocenters. The Morgan fingerprint density at radius 1 is 1.11 bits per heavy atom. The second-order valence-electron chi connectivity index (χ2n) is 4.20. The average molecular weight is 242 g/mol. The van der Waals surface area contributed by atoms with E-state index in [1.807, 2.05) is 38.1 Å². The first kappa shape index (κ1) is 12.2. The molecule has 2 rings (SSSR count). The van der Waals surface area contributed by atoms with Crippen LogP contribution in [0.5, 0.6) is 11.5 Å². The van der Waals surface area contributed by atoms with Crippen LogP contribution in [0.1, 0.15) is 21.5 Å². The first-order valence-corrected chi connectivity index (χ1v) is 5.65. The highest BCUT2D eigenvalue weighted by Crippen LogP contribution is 2.26. The van der Waals surface area contributed by atoms with Gasteiger partial charge in [-0.1, -0.05) is 18.2 Å². The van der Waals surface area contributed by atoms with Crippen molar-refractivity contribution >= 4 is 5.97 Å². The number of hydrogen-bond acceptors (Lipinski definition) is 2. The highest BCUT2D eigenvalue weighted by Gasteiger charge is 2.07. The van der Waals surface area contributed by atoms with Crippen molar-refractivity contribution in [3.63, 3.8) is 0 Å². The van der Waals surface area contributed by atoms with Gasteiger partial charge in [0, 0.05) is 0 Å². The van der Waals surface area contributed by atoms with Gasteiger partial charge in [0.1, 0.15) is 11.5 Å². The summed E-state index contributed by atoms with van der Waals surface area (Å²) in [6.07, 6.45) is 0. The number of carboxylic acids is 1. The summed E-state index contributed by atoms with van der Waals surface area (Å²) in [5.74, 6) is 0.324. The van der Waals surface area contributed by atoms with Gasteiger partial charge in [0.05, 0.1) is 5.56 Å². The van der Waals surface area contributed by atoms with Crippen LogP contribution < -0.4 is 4.74 Å². The Labute approximate surface area is 106 Å². The predicted molar refractivity (Wildman–Crippen MR) is 69.4 cm³/mol. The van der Waals surface area contributed by atoms with Crippen molar-refractivity contribution in [3.05, 3.63) is 59.2 Å². The Morgan fingerprint density at radius 2 is 1.89 bits per heavy atom. The van der Waals surface area contributed by atoms with E-state index >= 15 is 0 Å². The van der Waals surface area contributed by atoms with E-state index in [1.54, 1.807) is 18.2 Å². The van der Waals surface area contributed by atoms with Gasteiger partial charge >= 0.3 is 5.97 Å². The molecular weight excluding hydrogens is 228 g/mol. The smallest absolute Gasteiger partial charge is 0.335 e. The van der Waals surface area contributed by atoms with E-state index < -0.39 is 5.97 Å². The van der Waals surface area contributed by atoms with Crippen molar-refractivity contribution in [2.24, 2.45) is 0 Å². The molecule has 0 bridgehead atoms. The SMILES string of the molecule is Cc1cccc(Oc2cc(C(=O)O)ccc2C)c1. The van der Waals surface area contributed by atoms with E-state index in [1.165, 1.54) is 0 Å². The molecule has 0 saturated heterocycles. The van der Waals surface area contributed by atoms with Crippen LogP contribution in [0.15, 0.2) is 42.5 Å². The fourth-order valence-corrected chi connectivity index (χ4v) is 1.65. The van der Waals surface area contributed by atoms with Gasteiger partial charge in [0.15, 0.2) is 0 Å². The molecule has 0 spiro atoms. The molecule has 0 aliphatic carbocycles. The summed E-state index contributed by atoms with van der Waals surface area (Å²) >= 11 is 0. The van der Waals surface area contributed by atoms with E-state index in [4.69, 9.17) is 9.84 Å². The number of aryl methyl sites for hydroxylation is 2. The minimum absolute atomic E-state index is 0.225. The van der Waals surface area contributed by atoms with Crippen molar-refractivity contribution in [1.29, 1.82) is 0 Å². The zero-order chi connectivity index (χ0) is 13.1. The standard InChI is InChI=1S/C15H14O3/c1-10-4-3-5-13(8-10)18-14-9-12(15(16)17)7-6-11(14)2/h3-9H,1-2H3,(H,16,17). The van der Waals surface area contributed by atoms with Crippen molar-refractivity contribution in [1.82, 2.24) is 0 Å². The molecule has 0 fully saturated rings. The first-order valence-electron chi connectivity index (χ1n) is 5.65. The summed E-state index contributed by atoms with van der Waals surface area (Å²) in [6, 6.07) is 12.5. The molecule has 0 aliphatic heterocycles. The van der Waals surface area contributed by atoms with Gasteiger partial charge in [-0.05, 0) is 49.2 Å². The van der Waals surface area contributed by atoms with Crippen LogP contribution in [-0.4, -0.2) is 11.1 Å². The number of ether oxygens (including phenoxy) is 1. The Balaban J connectivity index is 2.33. The Morgan fingerprint density at radius 3 is 2.56 bits per heavy atom. The second-order valence-corrected chi connectivity index (χ2v) is 4.20. The lowest BCUT2D eigenvalue weighted by Crippen LogP contribution is -1.97. The van der Waals surface area contributed by atoms with Gasteiger partial charge < -0.3 is 9.84 Å². The van der Waals surface area contributed by atoms with Gasteiger partial charge in [-0.2, -0.15) is 0 Å². The third-order valence-electron chi connectivity index (χ3n) is 2.65. The minimum Gasteiger partial charge on any atom is -0.478 e. The van der Waals surface area contributed by atoms with Gasteiger partial charge in [-0.15, -0.1) is 0 Å². The Hall–Kier alpha value is -2.29. The third-order valence-corrected chi connectivity index (χ3v) is 2.65. The normalized spacial score (nSPS) is 10.1. The van der Waals surface area contributed by atoms with Gasteiger partial charge in [-0.3, -0.25) is 0 Å². The lowest BCUT2D eigenvalue weighted by Gasteiger charge is -2.10. The van der Waals surface area contributed by atoms with Gasteiger partial charge in [0.2, 0.25) is 0 Å². The molecular formula is C15H14O3. The zero-order valence-corrected chi connectivity index (χ0v) is 10.3. The third kappa shape index (κ3) is 2.69. The number of aromatic carboxylic acids is 1. The summed E-state index contributed by atoms with van der Waals surface area (Å²) in [5.41, 5.74) is 2.23. The molecule has 0 heterocycles. The predicted octanol–water partition coefficient (Wildman–Crippen LogP) is 3.79. The zero-order valence-electron chi connectivity index (χ0n) is 10.3. The van der Waals surface area contributed by atoms with Crippen molar-refractivity contribution in [3.8, 4) is 11.5 Å². The van der Waals surface area contributed by atoms with Crippen LogP contribution in [0.4, 0.5) is 0 Å². The summed E-state index contributed by atoms with van der Waals surface area (Å²) in [6.45, 7) is 3.87. The van der Waals surface area contributed by atoms with Gasteiger partial charge in [-0.25, -0.2) is 4.79 Å². The maximum absolute atomic E-state index is 10.9. The van der Waals surface area contributed by atoms with E-state index in [2.05, 4.69) is 0 Å². The fourth-order valence-electron chi connectivity index (χ4n) is 1.65. The number of hydrogen-bond donors (Lipinski definition) is 1. The maximum atomic E-state index is 10.9. The highest BCUT2D eigenvalue weighted by atomic mass is 16.5. The van der Waals surface area contributed by atoms with E-state index in [0.29, 0.717) is 11.5 Å². The molecule has 2 aromatic carbocycles. The molecule has 92 valence electrons. The molecule has 3 heteroatoms. The van der Waals surface area contributed by atoms with E-state index in [-0.39, 0.29) is 5.56 Å². The largest absolute Gasteiger partial charge is 0.478 e. The van der Waals surface area contributed by atoms with Crippen LogP contribution in [0.2, 0.25) is 0 Å². The molecule has 2 aromatic rings. The molecule has 1 N–H and O–H groups in total. The maximum Gasteiger partial charge on any atom is 0.335 e. The van der Waals surface area contributed by atoms with Crippen molar-refractivity contribution in [2.75, 3.05) is 0 Å². The van der Waals surface area contributed by atoms with Gasteiger partial charge in [0.25, 0.3) is 0 Å². The lowest BCUT2D eigenvalue weighted by molar-refractivity contribution is 0.0696. The molecule has 0 saturated carbocycles. The Kier molecular flexibility index (Phi) is 3.33. The summed E-state index contributed by atoms with van der Waals surface area (Å²) < 4.78 is 5.72. The first-order chi connectivity index (χ1) is 8.56. The minimum atomic E-state index is -0.955. The molecule has 3 nitrogen and oxygen atoms in total. The quantitative estimate of drug-likeness (QED) is 0.890. The highest BCUT2D eigenvalue weighted by molar-refractivity contribution is 5.88. The van der Waals surface area contributed by atoms with Crippen LogP contribution in [-0.2, 0) is 0 Å². The van der Waals surface area contributed by atoms with Crippen molar-refractivity contribution in [2.45, 2.75) is 13.8 Å². The van der Waals surface area contributed by atoms with Crippen LogP contribution >= 0.6 is 0 Å². The molecule has 0 amide bonds. The fraction of sp³-hybridized carbons (Fsp3) is 0.133. The lowest BCUT2D eigenvalue weighted by atomic mass is 10.1. The molecule has 0 radical (unpaired) electrons. The summed E-state index contributed by atoms with van der Waals surface area (Å²) in [4.78, 5) is 10.9. The molecule has 18 heavy (non-hydrogen) atoms. The van der Waals surface area contributed by atoms with E-state index in [9.17, 15) is 4.79 Å². The second kappa shape index (κ2) is 4.92.